The lowest BCUT2D eigenvalue weighted by Crippen LogP contribution is -2.59. The first-order chi connectivity index (χ1) is 12.1. The summed E-state index contributed by atoms with van der Waals surface area (Å²) in [6, 6.07) is 6.56. The van der Waals surface area contributed by atoms with Crippen LogP contribution in [0.1, 0.15) is 32.8 Å². The molecule has 1 unspecified atom stereocenters. The SMILES string of the molecule is Cc1ccc(S(=O)(=O)OCCC2(C)OC(C)(C)C=CC23OCCO3)cc1. The molecule has 1 fully saturated rings. The first-order valence-corrected chi connectivity index (χ1v) is 10.1. The number of ether oxygens (including phenoxy) is 3. The molecule has 26 heavy (non-hydrogen) atoms. The van der Waals surface area contributed by atoms with Crippen molar-refractivity contribution in [3.8, 4) is 0 Å². The molecule has 0 aliphatic carbocycles. The fourth-order valence-electron chi connectivity index (χ4n) is 3.35. The third kappa shape index (κ3) is 3.73. The molecule has 1 aromatic carbocycles. The van der Waals surface area contributed by atoms with E-state index < -0.39 is 27.1 Å². The van der Waals surface area contributed by atoms with Crippen LogP contribution in [0.2, 0.25) is 0 Å². The van der Waals surface area contributed by atoms with E-state index in [1.165, 1.54) is 0 Å². The number of hydrogen-bond donors (Lipinski definition) is 0. The van der Waals surface area contributed by atoms with Gasteiger partial charge in [0.1, 0.15) is 5.60 Å². The highest BCUT2D eigenvalue weighted by Crippen LogP contribution is 2.44. The van der Waals surface area contributed by atoms with Gasteiger partial charge in [-0.2, -0.15) is 8.42 Å². The molecule has 7 heteroatoms. The lowest BCUT2D eigenvalue weighted by molar-refractivity contribution is -0.286. The monoisotopic (exact) mass is 382 g/mol. The first-order valence-electron chi connectivity index (χ1n) is 8.72. The van der Waals surface area contributed by atoms with Gasteiger partial charge in [-0.3, -0.25) is 4.18 Å². The van der Waals surface area contributed by atoms with Crippen LogP contribution >= 0.6 is 0 Å². The fraction of sp³-hybridized carbons (Fsp3) is 0.579. The maximum Gasteiger partial charge on any atom is 0.296 e. The average molecular weight is 382 g/mol. The van der Waals surface area contributed by atoms with Crippen molar-refractivity contribution in [1.82, 2.24) is 0 Å². The van der Waals surface area contributed by atoms with Crippen molar-refractivity contribution in [2.75, 3.05) is 19.8 Å². The Balaban J connectivity index is 1.73. The molecule has 0 saturated carbocycles. The minimum atomic E-state index is -3.82. The van der Waals surface area contributed by atoms with Crippen LogP contribution in [0.25, 0.3) is 0 Å². The Morgan fingerprint density at radius 3 is 2.27 bits per heavy atom. The second-order valence-electron chi connectivity index (χ2n) is 7.47. The molecule has 0 bridgehead atoms. The van der Waals surface area contributed by atoms with Gasteiger partial charge in [0.2, 0.25) is 5.79 Å². The van der Waals surface area contributed by atoms with Crippen LogP contribution in [0.3, 0.4) is 0 Å². The van der Waals surface area contributed by atoms with Crippen LogP contribution in [0.15, 0.2) is 41.3 Å². The van der Waals surface area contributed by atoms with Crippen molar-refractivity contribution < 1.29 is 26.8 Å². The van der Waals surface area contributed by atoms with E-state index >= 15 is 0 Å². The summed E-state index contributed by atoms with van der Waals surface area (Å²) in [5.41, 5.74) is -0.395. The zero-order chi connectivity index (χ0) is 19.1. The van der Waals surface area contributed by atoms with E-state index in [-0.39, 0.29) is 11.5 Å². The molecule has 0 amide bonds. The van der Waals surface area contributed by atoms with Gasteiger partial charge in [-0.25, -0.2) is 0 Å². The molecule has 1 aromatic rings. The summed E-state index contributed by atoms with van der Waals surface area (Å²) in [6.07, 6.45) is 4.08. The summed E-state index contributed by atoms with van der Waals surface area (Å²) in [5.74, 6) is -1.01. The zero-order valence-electron chi connectivity index (χ0n) is 15.7. The molecule has 2 aliphatic rings. The summed E-state index contributed by atoms with van der Waals surface area (Å²) >= 11 is 0. The van der Waals surface area contributed by atoms with E-state index in [1.54, 1.807) is 24.3 Å². The number of hydrogen-bond acceptors (Lipinski definition) is 6. The zero-order valence-corrected chi connectivity index (χ0v) is 16.5. The van der Waals surface area contributed by atoms with E-state index in [0.29, 0.717) is 19.6 Å². The first kappa shape index (κ1) is 19.5. The Morgan fingerprint density at radius 1 is 1.04 bits per heavy atom. The minimum Gasteiger partial charge on any atom is -0.359 e. The Kier molecular flexibility index (Phi) is 5.05. The third-order valence-corrected chi connectivity index (χ3v) is 6.10. The predicted molar refractivity (Wildman–Crippen MR) is 96.3 cm³/mol. The molecule has 1 saturated heterocycles. The maximum absolute atomic E-state index is 12.4. The Hall–Kier alpha value is -1.25. The predicted octanol–water partition coefficient (Wildman–Crippen LogP) is 2.96. The van der Waals surface area contributed by atoms with Gasteiger partial charge in [0, 0.05) is 6.42 Å². The molecule has 0 radical (unpaired) electrons. The topological polar surface area (TPSA) is 71.1 Å². The van der Waals surface area contributed by atoms with Crippen molar-refractivity contribution in [2.24, 2.45) is 0 Å². The summed E-state index contributed by atoms with van der Waals surface area (Å²) < 4.78 is 47.9. The quantitative estimate of drug-likeness (QED) is 0.576. The van der Waals surface area contributed by atoms with Gasteiger partial charge >= 0.3 is 0 Å². The molecule has 144 valence electrons. The van der Waals surface area contributed by atoms with Crippen LogP contribution < -0.4 is 0 Å². The van der Waals surface area contributed by atoms with Gasteiger partial charge in [0.25, 0.3) is 10.1 Å². The molecule has 1 atom stereocenters. The van der Waals surface area contributed by atoms with Crippen LogP contribution in [0.5, 0.6) is 0 Å². The van der Waals surface area contributed by atoms with Crippen molar-refractivity contribution in [1.29, 1.82) is 0 Å². The summed E-state index contributed by atoms with van der Waals surface area (Å²) in [7, 11) is -3.82. The van der Waals surface area contributed by atoms with E-state index in [4.69, 9.17) is 18.4 Å². The maximum atomic E-state index is 12.4. The number of rotatable bonds is 5. The molecule has 2 heterocycles. The molecule has 2 aliphatic heterocycles. The van der Waals surface area contributed by atoms with Crippen molar-refractivity contribution in [2.45, 2.75) is 56.0 Å². The largest absolute Gasteiger partial charge is 0.359 e. The van der Waals surface area contributed by atoms with E-state index in [2.05, 4.69) is 0 Å². The van der Waals surface area contributed by atoms with Crippen LogP contribution in [-0.4, -0.2) is 45.2 Å². The fourth-order valence-corrected chi connectivity index (χ4v) is 4.25. The molecular formula is C19H26O6S. The van der Waals surface area contributed by atoms with Crippen LogP contribution in [0, 0.1) is 6.92 Å². The highest BCUT2D eigenvalue weighted by atomic mass is 32.2. The highest BCUT2D eigenvalue weighted by molar-refractivity contribution is 7.86. The standard InChI is InChI=1S/C19H26O6S/c1-15-5-7-16(8-6-15)26(20,21)24-12-11-18(4)19(22-13-14-23-19)10-9-17(2,3)25-18/h5-10H,11-14H2,1-4H3. The number of aryl methyl sites for hydroxylation is 1. The van der Waals surface area contributed by atoms with Gasteiger partial charge in [-0.15, -0.1) is 0 Å². The molecular weight excluding hydrogens is 356 g/mol. The lowest BCUT2D eigenvalue weighted by Gasteiger charge is -2.49. The Bertz CT molecular complexity index is 775. The van der Waals surface area contributed by atoms with E-state index in [9.17, 15) is 8.42 Å². The normalized spacial score (nSPS) is 27.1. The van der Waals surface area contributed by atoms with Gasteiger partial charge in [0.15, 0.2) is 0 Å². The van der Waals surface area contributed by atoms with Crippen LogP contribution in [0.4, 0.5) is 0 Å². The average Bonchev–Trinajstić information content (AvgIpc) is 3.02. The third-order valence-electron chi connectivity index (χ3n) is 4.77. The molecule has 3 rings (SSSR count). The highest BCUT2D eigenvalue weighted by Gasteiger charge is 2.56. The van der Waals surface area contributed by atoms with Gasteiger partial charge in [-0.1, -0.05) is 23.8 Å². The lowest BCUT2D eigenvalue weighted by atomic mass is 9.85. The van der Waals surface area contributed by atoms with Gasteiger partial charge in [0.05, 0.1) is 30.3 Å². The van der Waals surface area contributed by atoms with E-state index in [1.807, 2.05) is 39.8 Å². The van der Waals surface area contributed by atoms with Crippen molar-refractivity contribution in [3.63, 3.8) is 0 Å². The second kappa shape index (κ2) is 6.73. The Morgan fingerprint density at radius 2 is 1.65 bits per heavy atom. The van der Waals surface area contributed by atoms with Crippen molar-refractivity contribution in [3.05, 3.63) is 42.0 Å². The molecule has 0 aromatic heterocycles. The van der Waals surface area contributed by atoms with Crippen LogP contribution in [-0.2, 0) is 28.5 Å². The van der Waals surface area contributed by atoms with Gasteiger partial charge < -0.3 is 14.2 Å². The molecule has 0 N–H and O–H groups in total. The molecule has 1 spiro atoms. The summed E-state index contributed by atoms with van der Waals surface area (Å²) in [5, 5.41) is 0. The Labute approximate surface area is 155 Å². The second-order valence-corrected chi connectivity index (χ2v) is 9.09. The summed E-state index contributed by atoms with van der Waals surface area (Å²) in [6.45, 7) is 8.53. The minimum absolute atomic E-state index is 0.0366. The van der Waals surface area contributed by atoms with E-state index in [0.717, 1.165) is 5.56 Å². The van der Waals surface area contributed by atoms with Crippen molar-refractivity contribution >= 4 is 10.1 Å². The van der Waals surface area contributed by atoms with Gasteiger partial charge in [-0.05, 0) is 45.9 Å². The summed E-state index contributed by atoms with van der Waals surface area (Å²) in [4.78, 5) is 0.140. The smallest absolute Gasteiger partial charge is 0.296 e. The number of benzene rings is 1. The molecule has 6 nitrogen and oxygen atoms in total.